The van der Waals surface area contributed by atoms with E-state index in [0.29, 0.717) is 24.2 Å². The third-order valence-electron chi connectivity index (χ3n) is 7.84. The number of carbonyl (C=O) groups excluding carboxylic acids is 1. The second kappa shape index (κ2) is 7.78. The zero-order valence-electron chi connectivity index (χ0n) is 20.5. The van der Waals surface area contributed by atoms with Crippen molar-refractivity contribution >= 4 is 28.6 Å². The highest BCUT2D eigenvalue weighted by Crippen LogP contribution is 2.44. The third kappa shape index (κ3) is 3.51. The summed E-state index contributed by atoms with van der Waals surface area (Å²) in [6.07, 6.45) is 3.26. The number of rotatable bonds is 5. The van der Waals surface area contributed by atoms with Gasteiger partial charge < -0.3 is 15.5 Å². The van der Waals surface area contributed by atoms with E-state index in [0.717, 1.165) is 53.1 Å². The van der Waals surface area contributed by atoms with Gasteiger partial charge >= 0.3 is 6.03 Å². The highest BCUT2D eigenvalue weighted by molar-refractivity contribution is 5.91. The van der Waals surface area contributed by atoms with Crippen LogP contribution < -0.4 is 10.6 Å². The van der Waals surface area contributed by atoms with Gasteiger partial charge in [0, 0.05) is 28.8 Å². The molecule has 0 radical (unpaired) electrons. The van der Waals surface area contributed by atoms with E-state index in [1.807, 2.05) is 35.2 Å². The first kappa shape index (κ1) is 21.4. The van der Waals surface area contributed by atoms with Gasteiger partial charge in [-0.25, -0.2) is 14.8 Å². The Balaban J connectivity index is 1.13. The monoisotopic (exact) mass is 479 g/mol. The molecule has 2 aromatic heterocycles. The first-order valence-corrected chi connectivity index (χ1v) is 12.7. The summed E-state index contributed by atoms with van der Waals surface area (Å²) in [7, 11) is 0. The molecular weight excluding hydrogens is 450 g/mol. The van der Waals surface area contributed by atoms with Crippen molar-refractivity contribution in [1.82, 2.24) is 30.4 Å². The molecular formula is C28H29N7O. The molecule has 2 aliphatic carbocycles. The molecule has 2 amide bonds. The number of hydrogen-bond acceptors (Lipinski definition) is 5. The van der Waals surface area contributed by atoms with Gasteiger partial charge in [0.1, 0.15) is 11.6 Å². The maximum atomic E-state index is 13.4. The van der Waals surface area contributed by atoms with Crippen molar-refractivity contribution in [2.45, 2.75) is 63.1 Å². The van der Waals surface area contributed by atoms with E-state index >= 15 is 0 Å². The number of anilines is 2. The van der Waals surface area contributed by atoms with Gasteiger partial charge in [0.05, 0.1) is 23.3 Å². The number of hydrogen-bond donors (Lipinski definition) is 3. The van der Waals surface area contributed by atoms with Gasteiger partial charge in [-0.15, -0.1) is 0 Å². The molecule has 0 spiro atoms. The Bertz CT molecular complexity index is 1470. The van der Waals surface area contributed by atoms with E-state index in [1.54, 1.807) is 0 Å². The van der Waals surface area contributed by atoms with Crippen LogP contribution in [0.3, 0.4) is 0 Å². The normalized spacial score (nSPS) is 21.9. The lowest BCUT2D eigenvalue weighted by Gasteiger charge is -2.32. The maximum Gasteiger partial charge on any atom is 0.318 e. The summed E-state index contributed by atoms with van der Waals surface area (Å²) in [5.41, 5.74) is 3.67. The van der Waals surface area contributed by atoms with Crippen LogP contribution in [0.1, 0.15) is 67.6 Å². The first-order valence-electron chi connectivity index (χ1n) is 12.7. The Morgan fingerprint density at radius 2 is 1.81 bits per heavy atom. The minimum Gasteiger partial charge on any atom is -0.335 e. The molecule has 2 aromatic carbocycles. The zero-order valence-corrected chi connectivity index (χ0v) is 20.5. The average Bonchev–Trinajstić information content (AvgIpc) is 3.80. The summed E-state index contributed by atoms with van der Waals surface area (Å²) in [6, 6.07) is 18.6. The minimum atomic E-state index is -0.504. The molecule has 1 unspecified atom stereocenters. The largest absolute Gasteiger partial charge is 0.335 e. The van der Waals surface area contributed by atoms with E-state index < -0.39 is 5.54 Å². The fraction of sp³-hybridized carbons (Fsp3) is 0.357. The number of urea groups is 1. The standard InChI is InChI=1S/C28H29N7O/c1-28(2)23-20(15-35(28)27(36)30-22-14-19(22)16-8-4-3-5-9-16)26(34-33-23)32-25-18-10-6-7-11-21(18)29-24(31-25)17-12-13-17/h3-11,17,19,22H,12-15H2,1-2H3,(H,30,36)(H2,29,31,32,33,34)/t19?,22-/m1/s1. The number of fused-ring (bicyclic) bond motifs is 2. The smallest absolute Gasteiger partial charge is 0.318 e. The highest BCUT2D eigenvalue weighted by Gasteiger charge is 2.46. The van der Waals surface area contributed by atoms with Crippen LogP contribution in [0.25, 0.3) is 10.9 Å². The summed E-state index contributed by atoms with van der Waals surface area (Å²) in [4.78, 5) is 24.9. The zero-order chi connectivity index (χ0) is 24.4. The summed E-state index contributed by atoms with van der Waals surface area (Å²) >= 11 is 0. The number of nitrogens with zero attached hydrogens (tertiary/aromatic N) is 4. The lowest BCUT2D eigenvalue weighted by Crippen LogP contribution is -2.47. The van der Waals surface area contributed by atoms with Gasteiger partial charge in [0.2, 0.25) is 0 Å². The molecule has 1 aliphatic heterocycles. The van der Waals surface area contributed by atoms with Crippen LogP contribution in [-0.2, 0) is 12.1 Å². The van der Waals surface area contributed by atoms with Gasteiger partial charge in [-0.3, -0.25) is 5.10 Å². The molecule has 0 saturated heterocycles. The van der Waals surface area contributed by atoms with Crippen molar-refractivity contribution in [3.63, 3.8) is 0 Å². The molecule has 3 heterocycles. The van der Waals surface area contributed by atoms with Crippen LogP contribution in [0.2, 0.25) is 0 Å². The first-order chi connectivity index (χ1) is 17.5. The number of aromatic nitrogens is 4. The highest BCUT2D eigenvalue weighted by atomic mass is 16.2. The molecule has 2 atom stereocenters. The Hall–Kier alpha value is -3.94. The van der Waals surface area contributed by atoms with Gasteiger partial charge in [-0.2, -0.15) is 5.10 Å². The fourth-order valence-electron chi connectivity index (χ4n) is 5.43. The predicted molar refractivity (Wildman–Crippen MR) is 138 cm³/mol. The average molecular weight is 480 g/mol. The molecule has 8 nitrogen and oxygen atoms in total. The van der Waals surface area contributed by atoms with Crippen molar-refractivity contribution < 1.29 is 4.79 Å². The molecule has 0 bridgehead atoms. The van der Waals surface area contributed by atoms with Crippen molar-refractivity contribution in [2.75, 3.05) is 5.32 Å². The van der Waals surface area contributed by atoms with Crippen molar-refractivity contribution in [3.05, 3.63) is 77.2 Å². The molecule has 182 valence electrons. The molecule has 2 saturated carbocycles. The molecule has 3 N–H and O–H groups in total. The molecule has 36 heavy (non-hydrogen) atoms. The van der Waals surface area contributed by atoms with Gasteiger partial charge in [0.15, 0.2) is 5.82 Å². The molecule has 4 aromatic rings. The summed E-state index contributed by atoms with van der Waals surface area (Å²) in [5.74, 6) is 3.21. The third-order valence-corrected chi connectivity index (χ3v) is 7.84. The lowest BCUT2D eigenvalue weighted by molar-refractivity contribution is 0.142. The quantitative estimate of drug-likeness (QED) is 0.361. The Labute approximate surface area is 209 Å². The molecule has 3 aliphatic rings. The lowest BCUT2D eigenvalue weighted by atomic mass is 10.0. The number of nitrogens with one attached hydrogen (secondary N) is 3. The van der Waals surface area contributed by atoms with Crippen LogP contribution in [0.4, 0.5) is 16.4 Å². The Morgan fingerprint density at radius 3 is 2.61 bits per heavy atom. The van der Waals surface area contributed by atoms with E-state index in [2.05, 4.69) is 58.9 Å². The SMILES string of the molecule is CC1(C)c2[nH]nc(Nc3nc(C4CC4)nc4ccccc34)c2CN1C(=O)N[C@@H]1CC1c1ccccc1. The minimum absolute atomic E-state index is 0.0394. The van der Waals surface area contributed by atoms with Crippen LogP contribution in [0.5, 0.6) is 0 Å². The van der Waals surface area contributed by atoms with E-state index in [1.165, 1.54) is 5.56 Å². The van der Waals surface area contributed by atoms with E-state index in [4.69, 9.17) is 9.97 Å². The van der Waals surface area contributed by atoms with E-state index in [-0.39, 0.29) is 12.1 Å². The van der Waals surface area contributed by atoms with Gasteiger partial charge in [-0.05, 0) is 50.8 Å². The van der Waals surface area contributed by atoms with Gasteiger partial charge in [0.25, 0.3) is 0 Å². The molecule has 2 fully saturated rings. The van der Waals surface area contributed by atoms with Gasteiger partial charge in [-0.1, -0.05) is 42.5 Å². The second-order valence-electron chi connectivity index (χ2n) is 10.7. The van der Waals surface area contributed by atoms with Crippen LogP contribution >= 0.6 is 0 Å². The molecule has 8 heteroatoms. The fourth-order valence-corrected chi connectivity index (χ4v) is 5.43. The predicted octanol–water partition coefficient (Wildman–Crippen LogP) is 5.29. The number of amides is 2. The maximum absolute atomic E-state index is 13.4. The van der Waals surface area contributed by atoms with Crippen LogP contribution in [0.15, 0.2) is 54.6 Å². The number of para-hydroxylation sites is 1. The Kier molecular flexibility index (Phi) is 4.61. The Morgan fingerprint density at radius 1 is 1.03 bits per heavy atom. The van der Waals surface area contributed by atoms with Crippen LogP contribution in [-0.4, -0.2) is 37.1 Å². The van der Waals surface area contributed by atoms with Crippen molar-refractivity contribution in [1.29, 1.82) is 0 Å². The number of H-pyrrole nitrogens is 1. The summed E-state index contributed by atoms with van der Waals surface area (Å²) in [6.45, 7) is 4.61. The number of aromatic amines is 1. The molecule has 7 rings (SSSR count). The topological polar surface area (TPSA) is 98.8 Å². The number of benzene rings is 2. The van der Waals surface area contributed by atoms with E-state index in [9.17, 15) is 4.79 Å². The summed E-state index contributed by atoms with van der Waals surface area (Å²) < 4.78 is 0. The van der Waals surface area contributed by atoms with Crippen LogP contribution in [0, 0.1) is 0 Å². The summed E-state index contributed by atoms with van der Waals surface area (Å²) in [5, 5.41) is 15.5. The number of carbonyl (C=O) groups is 1. The second-order valence-corrected chi connectivity index (χ2v) is 10.7. The van der Waals surface area contributed by atoms with Crippen molar-refractivity contribution in [3.8, 4) is 0 Å². The van der Waals surface area contributed by atoms with Crippen molar-refractivity contribution in [2.24, 2.45) is 0 Å².